The number of carbonyl (C=O) groups excluding carboxylic acids is 1. The lowest BCUT2D eigenvalue weighted by atomic mass is 9.80. The Morgan fingerprint density at radius 1 is 1.40 bits per heavy atom. The Balaban J connectivity index is 2.47. The highest BCUT2D eigenvalue weighted by Gasteiger charge is 2.25. The van der Waals surface area contributed by atoms with Gasteiger partial charge in [-0.05, 0) is 18.8 Å². The standard InChI is InChI=1S/C8H15NO/c1-6-4-2-3-5-7(6)8(9)10/h6-7H,2-5H2,1H3,(H2,9,10)/t6-,7?/m0/s1. The summed E-state index contributed by atoms with van der Waals surface area (Å²) in [4.78, 5) is 10.8. The van der Waals surface area contributed by atoms with Gasteiger partial charge < -0.3 is 5.73 Å². The van der Waals surface area contributed by atoms with Crippen LogP contribution in [0.3, 0.4) is 0 Å². The zero-order chi connectivity index (χ0) is 7.56. The molecule has 0 spiro atoms. The first-order chi connectivity index (χ1) is 4.72. The molecule has 1 saturated carbocycles. The third-order valence-electron chi connectivity index (χ3n) is 2.48. The summed E-state index contributed by atoms with van der Waals surface area (Å²) in [6.07, 6.45) is 4.63. The van der Waals surface area contributed by atoms with Crippen LogP contribution in [0.15, 0.2) is 0 Å². The fourth-order valence-corrected chi connectivity index (χ4v) is 1.74. The summed E-state index contributed by atoms with van der Waals surface area (Å²) >= 11 is 0. The van der Waals surface area contributed by atoms with Crippen LogP contribution in [0.2, 0.25) is 0 Å². The number of hydrogen-bond donors (Lipinski definition) is 1. The van der Waals surface area contributed by atoms with Crippen LogP contribution >= 0.6 is 0 Å². The van der Waals surface area contributed by atoms with Gasteiger partial charge in [0.25, 0.3) is 0 Å². The Morgan fingerprint density at radius 2 is 2.00 bits per heavy atom. The van der Waals surface area contributed by atoms with E-state index in [1.807, 2.05) is 0 Å². The quantitative estimate of drug-likeness (QED) is 0.587. The third-order valence-corrected chi connectivity index (χ3v) is 2.48. The lowest BCUT2D eigenvalue weighted by molar-refractivity contribution is -0.124. The molecule has 0 saturated heterocycles. The summed E-state index contributed by atoms with van der Waals surface area (Å²) in [7, 11) is 0. The maximum absolute atomic E-state index is 10.8. The van der Waals surface area contributed by atoms with E-state index in [4.69, 9.17) is 5.73 Å². The fraction of sp³-hybridized carbons (Fsp3) is 0.875. The number of amides is 1. The maximum atomic E-state index is 10.8. The summed E-state index contributed by atoms with van der Waals surface area (Å²) in [5.74, 6) is 0.576. The fourth-order valence-electron chi connectivity index (χ4n) is 1.74. The molecule has 1 fully saturated rings. The minimum Gasteiger partial charge on any atom is -0.369 e. The molecule has 0 radical (unpaired) electrons. The average Bonchev–Trinajstić information content (AvgIpc) is 1.88. The van der Waals surface area contributed by atoms with E-state index in [-0.39, 0.29) is 11.8 Å². The van der Waals surface area contributed by atoms with Gasteiger partial charge in [0.2, 0.25) is 5.91 Å². The summed E-state index contributed by atoms with van der Waals surface area (Å²) in [6, 6.07) is 0. The smallest absolute Gasteiger partial charge is 0.220 e. The van der Waals surface area contributed by atoms with Crippen molar-refractivity contribution in [2.45, 2.75) is 32.6 Å². The molecule has 1 rings (SSSR count). The van der Waals surface area contributed by atoms with Crippen LogP contribution < -0.4 is 5.73 Å². The molecule has 0 aromatic rings. The molecule has 58 valence electrons. The average molecular weight is 141 g/mol. The van der Waals surface area contributed by atoms with Gasteiger partial charge in [0, 0.05) is 5.92 Å². The normalized spacial score (nSPS) is 33.7. The molecule has 2 nitrogen and oxygen atoms in total. The molecule has 0 bridgehead atoms. The van der Waals surface area contributed by atoms with Crippen LogP contribution in [0.1, 0.15) is 32.6 Å². The number of hydrogen-bond acceptors (Lipinski definition) is 1. The van der Waals surface area contributed by atoms with Crippen molar-refractivity contribution in [2.75, 3.05) is 0 Å². The molecule has 2 N–H and O–H groups in total. The van der Waals surface area contributed by atoms with E-state index in [9.17, 15) is 4.79 Å². The van der Waals surface area contributed by atoms with Crippen molar-refractivity contribution >= 4 is 5.91 Å². The molecule has 1 unspecified atom stereocenters. The number of rotatable bonds is 1. The third kappa shape index (κ3) is 1.49. The van der Waals surface area contributed by atoms with Crippen molar-refractivity contribution < 1.29 is 4.79 Å². The molecule has 0 aromatic carbocycles. The predicted octanol–water partition coefficient (Wildman–Crippen LogP) is 1.30. The molecule has 2 heteroatoms. The summed E-state index contributed by atoms with van der Waals surface area (Å²) in [5.41, 5.74) is 5.22. The Labute approximate surface area is 61.8 Å². The summed E-state index contributed by atoms with van der Waals surface area (Å²) < 4.78 is 0. The molecule has 0 aliphatic heterocycles. The van der Waals surface area contributed by atoms with Gasteiger partial charge in [-0.15, -0.1) is 0 Å². The van der Waals surface area contributed by atoms with E-state index in [1.165, 1.54) is 19.3 Å². The van der Waals surface area contributed by atoms with E-state index >= 15 is 0 Å². The Kier molecular flexibility index (Phi) is 2.30. The summed E-state index contributed by atoms with van der Waals surface area (Å²) in [6.45, 7) is 2.12. The summed E-state index contributed by atoms with van der Waals surface area (Å²) in [5, 5.41) is 0. The van der Waals surface area contributed by atoms with Crippen molar-refractivity contribution in [2.24, 2.45) is 17.6 Å². The van der Waals surface area contributed by atoms with Crippen molar-refractivity contribution in [3.63, 3.8) is 0 Å². The molecule has 1 aliphatic carbocycles. The molecule has 2 atom stereocenters. The molecule has 1 aliphatic rings. The van der Waals surface area contributed by atoms with Gasteiger partial charge in [-0.1, -0.05) is 19.8 Å². The van der Waals surface area contributed by atoms with Gasteiger partial charge in [0.15, 0.2) is 0 Å². The lowest BCUT2D eigenvalue weighted by Crippen LogP contribution is -2.30. The molecule has 10 heavy (non-hydrogen) atoms. The topological polar surface area (TPSA) is 43.1 Å². The lowest BCUT2D eigenvalue weighted by Gasteiger charge is -2.25. The van der Waals surface area contributed by atoms with Crippen LogP contribution in [0.25, 0.3) is 0 Å². The van der Waals surface area contributed by atoms with E-state index in [0.717, 1.165) is 6.42 Å². The second-order valence-corrected chi connectivity index (χ2v) is 3.27. The van der Waals surface area contributed by atoms with E-state index in [1.54, 1.807) is 0 Å². The minimum atomic E-state index is -0.104. The van der Waals surface area contributed by atoms with Gasteiger partial charge in [-0.2, -0.15) is 0 Å². The van der Waals surface area contributed by atoms with Crippen LogP contribution in [0.5, 0.6) is 0 Å². The van der Waals surface area contributed by atoms with Gasteiger partial charge in [0.1, 0.15) is 0 Å². The Morgan fingerprint density at radius 3 is 2.40 bits per heavy atom. The number of carbonyl (C=O) groups is 1. The first kappa shape index (κ1) is 7.58. The van der Waals surface area contributed by atoms with Gasteiger partial charge >= 0.3 is 0 Å². The zero-order valence-corrected chi connectivity index (χ0v) is 6.47. The highest BCUT2D eigenvalue weighted by Crippen LogP contribution is 2.28. The zero-order valence-electron chi connectivity index (χ0n) is 6.47. The van der Waals surface area contributed by atoms with Crippen LogP contribution in [-0.2, 0) is 4.79 Å². The maximum Gasteiger partial charge on any atom is 0.220 e. The molecule has 0 aromatic heterocycles. The molecular weight excluding hydrogens is 126 g/mol. The second kappa shape index (κ2) is 3.04. The van der Waals surface area contributed by atoms with Gasteiger partial charge in [-0.25, -0.2) is 0 Å². The van der Waals surface area contributed by atoms with Crippen molar-refractivity contribution in [1.82, 2.24) is 0 Å². The Hall–Kier alpha value is -0.530. The first-order valence-corrected chi connectivity index (χ1v) is 4.01. The number of nitrogens with two attached hydrogens (primary N) is 1. The first-order valence-electron chi connectivity index (χ1n) is 4.01. The molecular formula is C8H15NO. The van der Waals surface area contributed by atoms with E-state index in [2.05, 4.69) is 6.92 Å². The second-order valence-electron chi connectivity index (χ2n) is 3.27. The van der Waals surface area contributed by atoms with Crippen molar-refractivity contribution in [3.8, 4) is 0 Å². The van der Waals surface area contributed by atoms with E-state index < -0.39 is 0 Å². The SMILES string of the molecule is C[C@H]1CCCCC1C(N)=O. The van der Waals surface area contributed by atoms with Crippen LogP contribution in [-0.4, -0.2) is 5.91 Å². The van der Waals surface area contributed by atoms with Crippen LogP contribution in [0.4, 0.5) is 0 Å². The van der Waals surface area contributed by atoms with Crippen molar-refractivity contribution in [1.29, 1.82) is 0 Å². The predicted molar refractivity (Wildman–Crippen MR) is 40.3 cm³/mol. The highest BCUT2D eigenvalue weighted by molar-refractivity contribution is 5.76. The van der Waals surface area contributed by atoms with Crippen molar-refractivity contribution in [3.05, 3.63) is 0 Å². The van der Waals surface area contributed by atoms with Gasteiger partial charge in [-0.3, -0.25) is 4.79 Å². The minimum absolute atomic E-state index is 0.104. The molecule has 0 heterocycles. The number of primary amides is 1. The monoisotopic (exact) mass is 141 g/mol. The highest BCUT2D eigenvalue weighted by atomic mass is 16.1. The largest absolute Gasteiger partial charge is 0.369 e. The molecule has 1 amide bonds. The Bertz CT molecular complexity index is 133. The van der Waals surface area contributed by atoms with Crippen LogP contribution in [0, 0.1) is 11.8 Å². The van der Waals surface area contributed by atoms with E-state index in [0.29, 0.717) is 5.92 Å². The van der Waals surface area contributed by atoms with Gasteiger partial charge in [0.05, 0.1) is 0 Å².